The van der Waals surface area contributed by atoms with Crippen molar-refractivity contribution in [1.29, 1.82) is 0 Å². The van der Waals surface area contributed by atoms with E-state index in [1.807, 2.05) is 43.3 Å². The van der Waals surface area contributed by atoms with Crippen LogP contribution < -0.4 is 15.0 Å². The van der Waals surface area contributed by atoms with E-state index in [0.29, 0.717) is 19.7 Å². The lowest BCUT2D eigenvalue weighted by Crippen LogP contribution is -2.32. The summed E-state index contributed by atoms with van der Waals surface area (Å²) < 4.78 is 5.43. The SMILES string of the molecule is CCOc1ccc(N2CC(C(=O)NCc3ccc(CC)cc3)CC2=O)cc1. The molecule has 1 unspecified atom stereocenters. The highest BCUT2D eigenvalue weighted by molar-refractivity contribution is 6.00. The molecule has 1 N–H and O–H groups in total. The highest BCUT2D eigenvalue weighted by Crippen LogP contribution is 2.27. The number of carbonyl (C=O) groups is 2. The van der Waals surface area contributed by atoms with E-state index < -0.39 is 0 Å². The van der Waals surface area contributed by atoms with Gasteiger partial charge in [0.2, 0.25) is 11.8 Å². The van der Waals surface area contributed by atoms with Crippen LogP contribution in [0.25, 0.3) is 0 Å². The Kier molecular flexibility index (Phi) is 6.12. The van der Waals surface area contributed by atoms with Crippen molar-refractivity contribution in [1.82, 2.24) is 5.32 Å². The molecule has 142 valence electrons. The molecule has 0 bridgehead atoms. The number of rotatable bonds is 7. The number of aryl methyl sites for hydroxylation is 1. The van der Waals surface area contributed by atoms with Crippen LogP contribution >= 0.6 is 0 Å². The fourth-order valence-corrected chi connectivity index (χ4v) is 3.25. The van der Waals surface area contributed by atoms with Crippen LogP contribution in [0.4, 0.5) is 5.69 Å². The first-order chi connectivity index (χ1) is 13.1. The zero-order valence-corrected chi connectivity index (χ0v) is 15.9. The highest BCUT2D eigenvalue weighted by Gasteiger charge is 2.34. The second-order valence-electron chi connectivity index (χ2n) is 6.72. The molecule has 1 atom stereocenters. The van der Waals surface area contributed by atoms with Crippen molar-refractivity contribution in [3.05, 3.63) is 59.7 Å². The highest BCUT2D eigenvalue weighted by atomic mass is 16.5. The van der Waals surface area contributed by atoms with Crippen molar-refractivity contribution in [2.24, 2.45) is 5.92 Å². The van der Waals surface area contributed by atoms with E-state index in [2.05, 4.69) is 24.4 Å². The van der Waals surface area contributed by atoms with Crippen LogP contribution in [0.15, 0.2) is 48.5 Å². The molecule has 3 rings (SSSR count). The standard InChI is InChI=1S/C22H26N2O3/c1-3-16-5-7-17(8-6-16)14-23-22(26)18-13-21(25)24(15-18)19-9-11-20(12-10-19)27-4-2/h5-12,18H,3-4,13-15H2,1-2H3,(H,23,26). The molecule has 5 nitrogen and oxygen atoms in total. The van der Waals surface area contributed by atoms with Gasteiger partial charge in [-0.15, -0.1) is 0 Å². The number of benzene rings is 2. The maximum atomic E-state index is 12.5. The minimum absolute atomic E-state index is 0.0217. The van der Waals surface area contributed by atoms with Crippen LogP contribution in [-0.4, -0.2) is 25.0 Å². The quantitative estimate of drug-likeness (QED) is 0.818. The molecule has 1 aliphatic heterocycles. The van der Waals surface area contributed by atoms with Crippen LogP contribution in [0, 0.1) is 5.92 Å². The molecule has 1 heterocycles. The van der Waals surface area contributed by atoms with Crippen molar-refractivity contribution >= 4 is 17.5 Å². The molecule has 0 aliphatic carbocycles. The number of hydrogen-bond donors (Lipinski definition) is 1. The zero-order valence-electron chi connectivity index (χ0n) is 15.9. The summed E-state index contributed by atoms with van der Waals surface area (Å²) in [7, 11) is 0. The van der Waals surface area contributed by atoms with Gasteiger partial charge in [-0.3, -0.25) is 9.59 Å². The Hall–Kier alpha value is -2.82. The third-order valence-corrected chi connectivity index (χ3v) is 4.85. The minimum atomic E-state index is -0.320. The number of anilines is 1. The van der Waals surface area contributed by atoms with Gasteiger partial charge in [-0.05, 0) is 48.7 Å². The molecule has 2 aromatic rings. The minimum Gasteiger partial charge on any atom is -0.494 e. The molecular weight excluding hydrogens is 340 g/mol. The predicted molar refractivity (Wildman–Crippen MR) is 106 cm³/mol. The van der Waals surface area contributed by atoms with Crippen molar-refractivity contribution in [2.45, 2.75) is 33.2 Å². The molecule has 1 fully saturated rings. The van der Waals surface area contributed by atoms with Gasteiger partial charge in [0.1, 0.15) is 5.75 Å². The van der Waals surface area contributed by atoms with E-state index in [1.54, 1.807) is 4.90 Å². The van der Waals surface area contributed by atoms with Crippen LogP contribution in [0.2, 0.25) is 0 Å². The smallest absolute Gasteiger partial charge is 0.227 e. The molecule has 0 saturated carbocycles. The lowest BCUT2D eigenvalue weighted by Gasteiger charge is -2.17. The maximum absolute atomic E-state index is 12.5. The van der Waals surface area contributed by atoms with E-state index in [9.17, 15) is 9.59 Å². The molecule has 2 aromatic carbocycles. The normalized spacial score (nSPS) is 16.4. The molecule has 1 aliphatic rings. The maximum Gasteiger partial charge on any atom is 0.227 e. The van der Waals surface area contributed by atoms with Crippen LogP contribution in [0.3, 0.4) is 0 Å². The summed E-state index contributed by atoms with van der Waals surface area (Å²) in [5, 5.41) is 2.96. The van der Waals surface area contributed by atoms with Gasteiger partial charge in [-0.1, -0.05) is 31.2 Å². The Labute approximate surface area is 160 Å². The average molecular weight is 366 g/mol. The summed E-state index contributed by atoms with van der Waals surface area (Å²) in [5.74, 6) is 0.359. The summed E-state index contributed by atoms with van der Waals surface area (Å²) >= 11 is 0. The third-order valence-electron chi connectivity index (χ3n) is 4.85. The number of amides is 2. The second-order valence-corrected chi connectivity index (χ2v) is 6.72. The predicted octanol–water partition coefficient (Wildman–Crippen LogP) is 3.32. The summed E-state index contributed by atoms with van der Waals surface area (Å²) in [5.41, 5.74) is 3.14. The summed E-state index contributed by atoms with van der Waals surface area (Å²) in [6.07, 6.45) is 1.24. The van der Waals surface area contributed by atoms with Gasteiger partial charge >= 0.3 is 0 Å². The molecule has 27 heavy (non-hydrogen) atoms. The fourth-order valence-electron chi connectivity index (χ4n) is 3.25. The van der Waals surface area contributed by atoms with E-state index in [-0.39, 0.29) is 24.2 Å². The Balaban J connectivity index is 1.56. The van der Waals surface area contributed by atoms with Gasteiger partial charge in [0.05, 0.1) is 12.5 Å². The monoisotopic (exact) mass is 366 g/mol. The lowest BCUT2D eigenvalue weighted by atomic mass is 10.1. The Morgan fingerprint density at radius 2 is 1.74 bits per heavy atom. The second kappa shape index (κ2) is 8.71. The Morgan fingerprint density at radius 1 is 1.07 bits per heavy atom. The van der Waals surface area contributed by atoms with Crippen molar-refractivity contribution in [3.8, 4) is 5.75 Å². The molecule has 0 radical (unpaired) electrons. The number of nitrogens with zero attached hydrogens (tertiary/aromatic N) is 1. The number of nitrogens with one attached hydrogen (secondary N) is 1. The van der Waals surface area contributed by atoms with Gasteiger partial charge < -0.3 is 15.0 Å². The topological polar surface area (TPSA) is 58.6 Å². The fraction of sp³-hybridized carbons (Fsp3) is 0.364. The van der Waals surface area contributed by atoms with Gasteiger partial charge in [-0.25, -0.2) is 0 Å². The first kappa shape index (κ1) is 19.0. The Morgan fingerprint density at radius 3 is 2.37 bits per heavy atom. The van der Waals surface area contributed by atoms with Gasteiger partial charge in [0.25, 0.3) is 0 Å². The summed E-state index contributed by atoms with van der Waals surface area (Å²) in [4.78, 5) is 26.5. The molecule has 0 aromatic heterocycles. The molecule has 0 spiro atoms. The van der Waals surface area contributed by atoms with Crippen molar-refractivity contribution < 1.29 is 14.3 Å². The van der Waals surface area contributed by atoms with Gasteiger partial charge in [0.15, 0.2) is 0 Å². The first-order valence-electron chi connectivity index (χ1n) is 9.49. The molecule has 1 saturated heterocycles. The lowest BCUT2D eigenvalue weighted by molar-refractivity contribution is -0.126. The van der Waals surface area contributed by atoms with Gasteiger partial charge in [0, 0.05) is 25.2 Å². The summed E-state index contributed by atoms with van der Waals surface area (Å²) in [6, 6.07) is 15.6. The van der Waals surface area contributed by atoms with Crippen LogP contribution in [-0.2, 0) is 22.6 Å². The van der Waals surface area contributed by atoms with E-state index in [4.69, 9.17) is 4.74 Å². The number of ether oxygens (including phenoxy) is 1. The zero-order chi connectivity index (χ0) is 19.2. The number of carbonyl (C=O) groups excluding carboxylic acids is 2. The van der Waals surface area contributed by atoms with Crippen LogP contribution in [0.5, 0.6) is 5.75 Å². The van der Waals surface area contributed by atoms with Crippen molar-refractivity contribution in [3.63, 3.8) is 0 Å². The van der Waals surface area contributed by atoms with Crippen molar-refractivity contribution in [2.75, 3.05) is 18.1 Å². The molecule has 5 heteroatoms. The van der Waals surface area contributed by atoms with E-state index in [1.165, 1.54) is 5.56 Å². The third kappa shape index (κ3) is 4.67. The number of hydrogen-bond acceptors (Lipinski definition) is 3. The first-order valence-corrected chi connectivity index (χ1v) is 9.49. The van der Waals surface area contributed by atoms with E-state index >= 15 is 0 Å². The average Bonchev–Trinajstić information content (AvgIpc) is 3.09. The summed E-state index contributed by atoms with van der Waals surface area (Å²) in [6.45, 7) is 5.54. The van der Waals surface area contributed by atoms with Gasteiger partial charge in [-0.2, -0.15) is 0 Å². The largest absolute Gasteiger partial charge is 0.494 e. The molecule has 2 amide bonds. The molecular formula is C22H26N2O3. The van der Waals surface area contributed by atoms with E-state index in [0.717, 1.165) is 23.4 Å². The Bertz CT molecular complexity index is 784. The van der Waals surface area contributed by atoms with Crippen LogP contribution in [0.1, 0.15) is 31.4 Å².